The molecule has 3 heteroatoms. The van der Waals surface area contributed by atoms with E-state index >= 15 is 0 Å². The second-order valence-corrected chi connectivity index (χ2v) is 7.02. The topological polar surface area (TPSA) is 12.0 Å². The van der Waals surface area contributed by atoms with E-state index in [2.05, 4.69) is 39.9 Å². The Kier molecular flexibility index (Phi) is 5.08. The predicted molar refractivity (Wildman–Crippen MR) is 76.2 cm³/mol. The Balaban J connectivity index is 2.52. The van der Waals surface area contributed by atoms with Gasteiger partial charge in [0.25, 0.3) is 0 Å². The molecule has 0 spiro atoms. The lowest BCUT2D eigenvalue weighted by molar-refractivity contribution is 0.273. The summed E-state index contributed by atoms with van der Waals surface area (Å²) in [5, 5.41) is 3.48. The van der Waals surface area contributed by atoms with Gasteiger partial charge < -0.3 is 5.32 Å². The van der Waals surface area contributed by atoms with Gasteiger partial charge in [0.15, 0.2) is 11.6 Å². The molecule has 1 aromatic carbocycles. The summed E-state index contributed by atoms with van der Waals surface area (Å²) in [5.41, 5.74) is 1.07. The smallest absolute Gasteiger partial charge is 0.159 e. The number of benzene rings is 1. The van der Waals surface area contributed by atoms with E-state index in [1.165, 1.54) is 12.1 Å². The lowest BCUT2D eigenvalue weighted by Crippen LogP contribution is -2.42. The molecule has 1 N–H and O–H groups in total. The van der Waals surface area contributed by atoms with E-state index in [1.54, 1.807) is 6.07 Å². The van der Waals surface area contributed by atoms with Crippen LogP contribution < -0.4 is 5.32 Å². The highest BCUT2D eigenvalue weighted by atomic mass is 19.2. The Morgan fingerprint density at radius 2 is 1.63 bits per heavy atom. The van der Waals surface area contributed by atoms with Crippen molar-refractivity contribution in [3.05, 3.63) is 35.4 Å². The first-order chi connectivity index (χ1) is 8.59. The predicted octanol–water partition coefficient (Wildman–Crippen LogP) is 4.31. The van der Waals surface area contributed by atoms with Crippen LogP contribution in [-0.4, -0.2) is 12.1 Å². The van der Waals surface area contributed by atoms with Crippen molar-refractivity contribution in [2.75, 3.05) is 6.54 Å². The zero-order valence-electron chi connectivity index (χ0n) is 12.6. The highest BCUT2D eigenvalue weighted by Gasteiger charge is 2.20. The SMILES string of the molecule is CC(C)(CCc1ccc(F)c(F)c1)CNC(C)(C)C. The monoisotopic (exact) mass is 269 g/mol. The molecule has 0 saturated carbocycles. The van der Waals surface area contributed by atoms with Gasteiger partial charge in [0.05, 0.1) is 0 Å². The minimum Gasteiger partial charge on any atom is -0.312 e. The summed E-state index contributed by atoms with van der Waals surface area (Å²) in [5.74, 6) is -1.54. The number of halogens is 2. The number of hydrogen-bond acceptors (Lipinski definition) is 1. The van der Waals surface area contributed by atoms with Crippen LogP contribution in [0, 0.1) is 17.0 Å². The van der Waals surface area contributed by atoms with Gasteiger partial charge in [-0.15, -0.1) is 0 Å². The van der Waals surface area contributed by atoms with Crippen molar-refractivity contribution < 1.29 is 8.78 Å². The van der Waals surface area contributed by atoms with E-state index in [-0.39, 0.29) is 11.0 Å². The van der Waals surface area contributed by atoms with Crippen molar-refractivity contribution in [2.45, 2.75) is 53.0 Å². The first-order valence-electron chi connectivity index (χ1n) is 6.78. The maximum absolute atomic E-state index is 13.1. The minimum atomic E-state index is -0.780. The van der Waals surface area contributed by atoms with Gasteiger partial charge in [-0.2, -0.15) is 0 Å². The van der Waals surface area contributed by atoms with Crippen molar-refractivity contribution in [2.24, 2.45) is 5.41 Å². The van der Waals surface area contributed by atoms with Crippen molar-refractivity contribution in [3.8, 4) is 0 Å². The molecule has 0 aliphatic rings. The molecular formula is C16H25F2N. The quantitative estimate of drug-likeness (QED) is 0.839. The molecule has 0 radical (unpaired) electrons. The van der Waals surface area contributed by atoms with E-state index in [1.807, 2.05) is 0 Å². The van der Waals surface area contributed by atoms with Gasteiger partial charge >= 0.3 is 0 Å². The van der Waals surface area contributed by atoms with E-state index in [0.29, 0.717) is 0 Å². The van der Waals surface area contributed by atoms with Crippen LogP contribution in [-0.2, 0) is 6.42 Å². The third kappa shape index (κ3) is 6.15. The van der Waals surface area contributed by atoms with Gasteiger partial charge in [0.1, 0.15) is 0 Å². The van der Waals surface area contributed by atoms with Gasteiger partial charge in [-0.25, -0.2) is 8.78 Å². The third-order valence-electron chi connectivity index (χ3n) is 3.17. The molecule has 19 heavy (non-hydrogen) atoms. The Morgan fingerprint density at radius 3 is 2.16 bits per heavy atom. The number of aryl methyl sites for hydroxylation is 1. The molecule has 0 bridgehead atoms. The molecule has 0 amide bonds. The number of rotatable bonds is 5. The maximum atomic E-state index is 13.1. The fourth-order valence-electron chi connectivity index (χ4n) is 1.77. The van der Waals surface area contributed by atoms with Crippen molar-refractivity contribution in [1.29, 1.82) is 0 Å². The Labute approximate surface area is 115 Å². The average Bonchev–Trinajstić information content (AvgIpc) is 2.28. The summed E-state index contributed by atoms with van der Waals surface area (Å²) in [6.45, 7) is 11.7. The second kappa shape index (κ2) is 6.00. The molecule has 0 heterocycles. The fourth-order valence-corrected chi connectivity index (χ4v) is 1.77. The maximum Gasteiger partial charge on any atom is 0.159 e. The van der Waals surface area contributed by atoms with Gasteiger partial charge in [-0.3, -0.25) is 0 Å². The molecule has 0 aromatic heterocycles. The first kappa shape index (κ1) is 16.1. The first-order valence-corrected chi connectivity index (χ1v) is 6.78. The summed E-state index contributed by atoms with van der Waals surface area (Å²) in [7, 11) is 0. The molecule has 0 atom stereocenters. The Morgan fingerprint density at radius 1 is 1.00 bits per heavy atom. The van der Waals surface area contributed by atoms with Crippen LogP contribution in [0.15, 0.2) is 18.2 Å². The second-order valence-electron chi connectivity index (χ2n) is 7.02. The third-order valence-corrected chi connectivity index (χ3v) is 3.17. The van der Waals surface area contributed by atoms with Gasteiger partial charge in [-0.05, 0) is 56.7 Å². The minimum absolute atomic E-state index is 0.0965. The van der Waals surface area contributed by atoms with E-state index in [4.69, 9.17) is 0 Å². The van der Waals surface area contributed by atoms with Gasteiger partial charge in [0, 0.05) is 12.1 Å². The summed E-state index contributed by atoms with van der Waals surface area (Å²) in [6, 6.07) is 4.15. The highest BCUT2D eigenvalue weighted by Crippen LogP contribution is 2.23. The summed E-state index contributed by atoms with van der Waals surface area (Å²) in [4.78, 5) is 0. The number of hydrogen-bond donors (Lipinski definition) is 1. The van der Waals surface area contributed by atoms with Gasteiger partial charge in [-0.1, -0.05) is 19.9 Å². The molecule has 0 saturated heterocycles. The standard InChI is InChI=1S/C16H25F2N/c1-15(2,3)19-11-16(4,5)9-8-12-6-7-13(17)14(18)10-12/h6-7,10,19H,8-9,11H2,1-5H3. The van der Waals surface area contributed by atoms with Crippen molar-refractivity contribution >= 4 is 0 Å². The lowest BCUT2D eigenvalue weighted by Gasteiger charge is -2.30. The van der Waals surface area contributed by atoms with E-state index in [0.717, 1.165) is 24.9 Å². The van der Waals surface area contributed by atoms with Crippen LogP contribution >= 0.6 is 0 Å². The average molecular weight is 269 g/mol. The Hall–Kier alpha value is -0.960. The van der Waals surface area contributed by atoms with Crippen LogP contribution in [0.5, 0.6) is 0 Å². The van der Waals surface area contributed by atoms with Crippen LogP contribution in [0.25, 0.3) is 0 Å². The van der Waals surface area contributed by atoms with Crippen LogP contribution in [0.2, 0.25) is 0 Å². The summed E-state index contributed by atoms with van der Waals surface area (Å²) in [6.07, 6.45) is 1.69. The van der Waals surface area contributed by atoms with E-state index < -0.39 is 11.6 Å². The normalized spacial score (nSPS) is 12.8. The largest absolute Gasteiger partial charge is 0.312 e. The zero-order chi connectivity index (χ0) is 14.7. The molecule has 0 unspecified atom stereocenters. The highest BCUT2D eigenvalue weighted by molar-refractivity contribution is 5.18. The van der Waals surface area contributed by atoms with Gasteiger partial charge in [0.2, 0.25) is 0 Å². The van der Waals surface area contributed by atoms with E-state index in [9.17, 15) is 8.78 Å². The molecule has 108 valence electrons. The molecule has 0 aliphatic carbocycles. The summed E-state index contributed by atoms with van der Waals surface area (Å²) < 4.78 is 26.0. The van der Waals surface area contributed by atoms with Crippen LogP contribution in [0.3, 0.4) is 0 Å². The van der Waals surface area contributed by atoms with Crippen LogP contribution in [0.4, 0.5) is 8.78 Å². The Bertz CT molecular complexity index is 419. The molecule has 1 nitrogen and oxygen atoms in total. The molecule has 0 fully saturated rings. The van der Waals surface area contributed by atoms with Crippen molar-refractivity contribution in [1.82, 2.24) is 5.32 Å². The lowest BCUT2D eigenvalue weighted by atomic mass is 9.85. The van der Waals surface area contributed by atoms with Crippen LogP contribution in [0.1, 0.15) is 46.6 Å². The molecular weight excluding hydrogens is 244 g/mol. The summed E-state index contributed by atoms with van der Waals surface area (Å²) >= 11 is 0. The molecule has 0 aliphatic heterocycles. The zero-order valence-corrected chi connectivity index (χ0v) is 12.6. The van der Waals surface area contributed by atoms with Crippen molar-refractivity contribution in [3.63, 3.8) is 0 Å². The molecule has 1 rings (SSSR count). The fraction of sp³-hybridized carbons (Fsp3) is 0.625. The molecule has 1 aromatic rings. The number of nitrogens with one attached hydrogen (secondary N) is 1.